The second-order valence-corrected chi connectivity index (χ2v) is 8.18. The Morgan fingerprint density at radius 2 is 1.70 bits per heavy atom. The van der Waals surface area contributed by atoms with Gasteiger partial charge in [0.25, 0.3) is 5.91 Å². The molecule has 3 aromatic rings. The molecule has 1 N–H and O–H groups in total. The van der Waals surface area contributed by atoms with Crippen LogP contribution in [0.3, 0.4) is 0 Å². The minimum absolute atomic E-state index is 0.126. The molecule has 0 aliphatic heterocycles. The maximum atomic E-state index is 12.7. The Morgan fingerprint density at radius 1 is 1.00 bits per heavy atom. The number of carbonyl (C=O) groups excluding carboxylic acids is 1. The Labute approximate surface area is 207 Å². The minimum Gasteiger partial charge on any atom is -0.490 e. The highest BCUT2D eigenvalue weighted by Crippen LogP contribution is 2.34. The smallest absolute Gasteiger partial charge is 0.266 e. The fraction of sp³-hybridized carbons (Fsp3) is 0.120. The maximum absolute atomic E-state index is 12.7. The summed E-state index contributed by atoms with van der Waals surface area (Å²) in [7, 11) is 0. The number of anilines is 1. The molecule has 8 heteroatoms. The second kappa shape index (κ2) is 11.6. The highest BCUT2D eigenvalue weighted by atomic mass is 35.5. The number of benzene rings is 3. The third kappa shape index (κ3) is 6.90. The summed E-state index contributed by atoms with van der Waals surface area (Å²) in [5, 5.41) is 13.5. The van der Waals surface area contributed by atoms with Crippen LogP contribution in [0.4, 0.5) is 5.69 Å². The number of halogens is 3. The largest absolute Gasteiger partial charge is 0.490 e. The number of rotatable bonds is 8. The van der Waals surface area contributed by atoms with Crippen LogP contribution in [0.2, 0.25) is 15.1 Å². The van der Waals surface area contributed by atoms with Crippen molar-refractivity contribution in [2.75, 3.05) is 18.5 Å². The van der Waals surface area contributed by atoms with Gasteiger partial charge in [0.05, 0.1) is 5.02 Å². The molecule has 0 unspecified atom stereocenters. The molecule has 0 radical (unpaired) electrons. The molecule has 33 heavy (non-hydrogen) atoms. The van der Waals surface area contributed by atoms with E-state index in [4.69, 9.17) is 44.3 Å². The van der Waals surface area contributed by atoms with Crippen LogP contribution in [0.5, 0.6) is 11.5 Å². The van der Waals surface area contributed by atoms with Crippen molar-refractivity contribution in [1.29, 1.82) is 5.26 Å². The van der Waals surface area contributed by atoms with E-state index in [0.717, 1.165) is 5.56 Å². The number of hydrogen-bond acceptors (Lipinski definition) is 4. The summed E-state index contributed by atoms with van der Waals surface area (Å²) >= 11 is 18.3. The third-order valence-electron chi connectivity index (χ3n) is 4.51. The van der Waals surface area contributed by atoms with E-state index in [0.29, 0.717) is 27.0 Å². The first-order chi connectivity index (χ1) is 15.9. The van der Waals surface area contributed by atoms with Crippen LogP contribution >= 0.6 is 34.8 Å². The molecule has 3 aromatic carbocycles. The van der Waals surface area contributed by atoms with Gasteiger partial charge in [-0.15, -0.1) is 0 Å². The molecule has 0 bridgehead atoms. The molecule has 0 fully saturated rings. The lowest BCUT2D eigenvalue weighted by Gasteiger charge is -2.13. The molecule has 168 valence electrons. The van der Waals surface area contributed by atoms with Gasteiger partial charge in [0, 0.05) is 21.3 Å². The topological polar surface area (TPSA) is 71.4 Å². The van der Waals surface area contributed by atoms with Gasteiger partial charge < -0.3 is 14.8 Å². The SMILES string of the molecule is Cc1ccccc1NC(=O)/C(C#N)=C/c1cc(Cl)cc(Cl)c1OCCOc1ccc(Cl)cc1. The number of nitrogens with zero attached hydrogens (tertiary/aromatic N) is 1. The normalized spacial score (nSPS) is 10.9. The highest BCUT2D eigenvalue weighted by Gasteiger charge is 2.15. The predicted octanol–water partition coefficient (Wildman–Crippen LogP) is 6.96. The molecule has 5 nitrogen and oxygen atoms in total. The predicted molar refractivity (Wildman–Crippen MR) is 132 cm³/mol. The Bertz CT molecular complexity index is 1220. The van der Waals surface area contributed by atoms with Gasteiger partial charge in [-0.3, -0.25) is 4.79 Å². The van der Waals surface area contributed by atoms with Gasteiger partial charge in [0.2, 0.25) is 0 Å². The molecule has 0 aliphatic carbocycles. The van der Waals surface area contributed by atoms with Crippen molar-refractivity contribution in [2.24, 2.45) is 0 Å². The molecule has 0 atom stereocenters. The standard InChI is InChI=1S/C25H19Cl3N2O3/c1-16-4-2-3-5-23(16)30-25(31)18(15-29)12-17-13-20(27)14-22(28)24(17)33-11-10-32-21-8-6-19(26)7-9-21/h2-9,12-14H,10-11H2,1H3,(H,30,31)/b18-12+. The Hall–Kier alpha value is -3.17. The maximum Gasteiger partial charge on any atom is 0.266 e. The van der Waals surface area contributed by atoms with Gasteiger partial charge in [-0.05, 0) is 61.0 Å². The number of amides is 1. The van der Waals surface area contributed by atoms with Gasteiger partial charge >= 0.3 is 0 Å². The molecule has 3 rings (SSSR count). The zero-order valence-electron chi connectivity index (χ0n) is 17.6. The van der Waals surface area contributed by atoms with Crippen LogP contribution in [0.25, 0.3) is 6.08 Å². The third-order valence-corrected chi connectivity index (χ3v) is 5.26. The van der Waals surface area contributed by atoms with Crippen molar-refractivity contribution in [1.82, 2.24) is 0 Å². The van der Waals surface area contributed by atoms with Gasteiger partial charge in [-0.2, -0.15) is 5.26 Å². The molecule has 0 aromatic heterocycles. The molecule has 0 spiro atoms. The summed E-state index contributed by atoms with van der Waals surface area (Å²) < 4.78 is 11.4. The zero-order chi connectivity index (χ0) is 23.8. The van der Waals surface area contributed by atoms with Crippen molar-refractivity contribution in [3.63, 3.8) is 0 Å². The fourth-order valence-corrected chi connectivity index (χ4v) is 3.57. The van der Waals surface area contributed by atoms with Crippen LogP contribution in [-0.4, -0.2) is 19.1 Å². The van der Waals surface area contributed by atoms with Crippen LogP contribution in [-0.2, 0) is 4.79 Å². The lowest BCUT2D eigenvalue weighted by molar-refractivity contribution is -0.112. The number of ether oxygens (including phenoxy) is 2. The first-order valence-corrected chi connectivity index (χ1v) is 11.0. The van der Waals surface area contributed by atoms with Gasteiger partial charge in [-0.25, -0.2) is 0 Å². The first-order valence-electron chi connectivity index (χ1n) is 9.86. The summed E-state index contributed by atoms with van der Waals surface area (Å²) in [5.41, 5.74) is 1.76. The highest BCUT2D eigenvalue weighted by molar-refractivity contribution is 6.36. The van der Waals surface area contributed by atoms with Crippen molar-refractivity contribution in [3.8, 4) is 17.6 Å². The van der Waals surface area contributed by atoms with Crippen molar-refractivity contribution in [2.45, 2.75) is 6.92 Å². The molecular formula is C25H19Cl3N2O3. The Morgan fingerprint density at radius 3 is 2.39 bits per heavy atom. The summed E-state index contributed by atoms with van der Waals surface area (Å²) in [6, 6.07) is 19.2. The molecule has 1 amide bonds. The molecule has 0 aliphatic rings. The summed E-state index contributed by atoms with van der Waals surface area (Å²) in [6.45, 7) is 2.27. The van der Waals surface area contributed by atoms with E-state index in [1.54, 1.807) is 42.5 Å². The van der Waals surface area contributed by atoms with E-state index >= 15 is 0 Å². The fourth-order valence-electron chi connectivity index (χ4n) is 2.88. The van der Waals surface area contributed by atoms with Gasteiger partial charge in [0.1, 0.15) is 36.4 Å². The monoisotopic (exact) mass is 500 g/mol. The number of nitrogens with one attached hydrogen (secondary N) is 1. The van der Waals surface area contributed by atoms with E-state index in [1.165, 1.54) is 12.1 Å². The number of carbonyl (C=O) groups is 1. The van der Waals surface area contributed by atoms with Crippen molar-refractivity contribution < 1.29 is 14.3 Å². The van der Waals surface area contributed by atoms with Crippen LogP contribution in [0.1, 0.15) is 11.1 Å². The number of para-hydroxylation sites is 1. The Kier molecular flexibility index (Phi) is 8.62. The van der Waals surface area contributed by atoms with E-state index in [2.05, 4.69) is 5.32 Å². The number of nitriles is 1. The lowest BCUT2D eigenvalue weighted by atomic mass is 10.1. The molecular weight excluding hydrogens is 483 g/mol. The number of aryl methyl sites for hydroxylation is 1. The van der Waals surface area contributed by atoms with E-state index in [1.807, 2.05) is 25.1 Å². The van der Waals surface area contributed by atoms with Crippen molar-refractivity contribution in [3.05, 3.63) is 92.4 Å². The van der Waals surface area contributed by atoms with Gasteiger partial charge in [0.15, 0.2) is 0 Å². The summed E-state index contributed by atoms with van der Waals surface area (Å²) in [4.78, 5) is 12.7. The van der Waals surface area contributed by atoms with E-state index in [-0.39, 0.29) is 29.6 Å². The Balaban J connectivity index is 1.76. The second-order valence-electron chi connectivity index (χ2n) is 6.90. The zero-order valence-corrected chi connectivity index (χ0v) is 19.8. The minimum atomic E-state index is -0.556. The first kappa shape index (κ1) is 24.5. The van der Waals surface area contributed by atoms with Gasteiger partial charge in [-0.1, -0.05) is 53.0 Å². The van der Waals surface area contributed by atoms with Crippen molar-refractivity contribution >= 4 is 52.5 Å². The molecule has 0 saturated carbocycles. The average molecular weight is 502 g/mol. The van der Waals surface area contributed by atoms with Crippen LogP contribution in [0.15, 0.2) is 66.2 Å². The summed E-state index contributed by atoms with van der Waals surface area (Å²) in [6.07, 6.45) is 1.39. The lowest BCUT2D eigenvalue weighted by Crippen LogP contribution is -2.14. The molecule has 0 heterocycles. The van der Waals surface area contributed by atoms with E-state index in [9.17, 15) is 10.1 Å². The number of hydrogen-bond donors (Lipinski definition) is 1. The average Bonchev–Trinajstić information content (AvgIpc) is 2.78. The summed E-state index contributed by atoms with van der Waals surface area (Å²) in [5.74, 6) is 0.377. The van der Waals surface area contributed by atoms with Crippen LogP contribution in [0, 0.1) is 18.3 Å². The van der Waals surface area contributed by atoms with Crippen LogP contribution < -0.4 is 14.8 Å². The quantitative estimate of drug-likeness (QED) is 0.206. The molecule has 0 saturated heterocycles. The van der Waals surface area contributed by atoms with E-state index < -0.39 is 5.91 Å².